The van der Waals surface area contributed by atoms with E-state index in [1.807, 2.05) is 18.2 Å². The largest absolute Gasteiger partial charge is 0.481 e. The van der Waals surface area contributed by atoms with Crippen LogP contribution in [0.15, 0.2) is 72.8 Å². The predicted molar refractivity (Wildman–Crippen MR) is 108 cm³/mol. The summed E-state index contributed by atoms with van der Waals surface area (Å²) in [6.45, 7) is 0. The zero-order chi connectivity index (χ0) is 20.8. The second kappa shape index (κ2) is 9.21. The van der Waals surface area contributed by atoms with E-state index in [1.165, 1.54) is 18.2 Å². The normalized spacial score (nSPS) is 11.5. The number of nitrogens with one attached hydrogen (secondary N) is 1. The molecule has 0 saturated heterocycles. The van der Waals surface area contributed by atoms with Crippen molar-refractivity contribution in [2.24, 2.45) is 0 Å². The molecule has 0 bridgehead atoms. The van der Waals surface area contributed by atoms with Crippen LogP contribution in [0.25, 0.3) is 0 Å². The lowest BCUT2D eigenvalue weighted by molar-refractivity contribution is -0.140. The van der Waals surface area contributed by atoms with E-state index in [-0.39, 0.29) is 6.42 Å². The molecule has 0 aliphatic carbocycles. The Kier molecular flexibility index (Phi) is 6.46. The summed E-state index contributed by atoms with van der Waals surface area (Å²) in [5.74, 6) is -2.39. The molecule has 148 valence electrons. The minimum atomic E-state index is -1.18. The van der Waals surface area contributed by atoms with Crippen molar-refractivity contribution in [2.45, 2.75) is 12.3 Å². The average Bonchev–Trinajstić information content (AvgIpc) is 2.70. The van der Waals surface area contributed by atoms with Crippen molar-refractivity contribution >= 4 is 29.2 Å². The van der Waals surface area contributed by atoms with Gasteiger partial charge in [0.1, 0.15) is 11.6 Å². The van der Waals surface area contributed by atoms with Gasteiger partial charge in [-0.15, -0.1) is 0 Å². The highest BCUT2D eigenvalue weighted by Crippen LogP contribution is 2.32. The molecule has 3 rings (SSSR count). The summed E-state index contributed by atoms with van der Waals surface area (Å²) in [5, 5.41) is 12.5. The number of anilines is 1. The molecule has 7 heteroatoms. The van der Waals surface area contributed by atoms with Gasteiger partial charge in [0.05, 0.1) is 11.6 Å². The predicted octanol–water partition coefficient (Wildman–Crippen LogP) is 5.47. The van der Waals surface area contributed by atoms with Crippen molar-refractivity contribution in [3.8, 4) is 11.5 Å². The van der Waals surface area contributed by atoms with E-state index < -0.39 is 23.6 Å². The molecular formula is C22H17ClFNO4. The highest BCUT2D eigenvalue weighted by Gasteiger charge is 2.24. The summed E-state index contributed by atoms with van der Waals surface area (Å²) in [5.41, 5.74) is 0.649. The Hall–Kier alpha value is -3.38. The smallest absolute Gasteiger partial charge is 0.311 e. The minimum absolute atomic E-state index is 0.314. The minimum Gasteiger partial charge on any atom is -0.481 e. The Bertz CT molecular complexity index is 1010. The van der Waals surface area contributed by atoms with Gasteiger partial charge in [0.15, 0.2) is 5.75 Å². The second-order valence-corrected chi connectivity index (χ2v) is 6.69. The summed E-state index contributed by atoms with van der Waals surface area (Å²) in [6.07, 6.45) is -0.335. The van der Waals surface area contributed by atoms with Crippen LogP contribution >= 0.6 is 11.6 Å². The van der Waals surface area contributed by atoms with Gasteiger partial charge in [0.2, 0.25) is 5.91 Å². The number of halogens is 2. The van der Waals surface area contributed by atoms with E-state index in [4.69, 9.17) is 16.3 Å². The maximum absolute atomic E-state index is 13.1. The van der Waals surface area contributed by atoms with Gasteiger partial charge in [-0.25, -0.2) is 4.39 Å². The quantitative estimate of drug-likeness (QED) is 0.538. The van der Waals surface area contributed by atoms with E-state index >= 15 is 0 Å². The number of carboxylic acid groups (broad SMARTS) is 1. The Morgan fingerprint density at radius 3 is 2.38 bits per heavy atom. The Balaban J connectivity index is 1.77. The van der Waals surface area contributed by atoms with Crippen molar-refractivity contribution in [1.29, 1.82) is 0 Å². The Labute approximate surface area is 171 Å². The first-order valence-corrected chi connectivity index (χ1v) is 9.11. The number of rotatable bonds is 7. The van der Waals surface area contributed by atoms with Gasteiger partial charge in [0.25, 0.3) is 0 Å². The summed E-state index contributed by atoms with van der Waals surface area (Å²) in [4.78, 5) is 24.2. The third-order valence-electron chi connectivity index (χ3n) is 4.15. The number of carbonyl (C=O) groups excluding carboxylic acids is 1. The summed E-state index contributed by atoms with van der Waals surface area (Å²) >= 11 is 6.03. The van der Waals surface area contributed by atoms with Crippen LogP contribution < -0.4 is 10.1 Å². The molecule has 1 amide bonds. The number of para-hydroxylation sites is 1. The summed E-state index contributed by atoms with van der Waals surface area (Å²) < 4.78 is 18.9. The van der Waals surface area contributed by atoms with Gasteiger partial charge < -0.3 is 15.2 Å². The van der Waals surface area contributed by atoms with Crippen molar-refractivity contribution in [3.63, 3.8) is 0 Å². The standard InChI is InChI=1S/C22H17ClFNO4/c23-15-8-11-20(29-17-4-2-1-3-5-17)19(12-15)25-21(26)13-18(22(27)28)14-6-9-16(24)10-7-14/h1-12,18H,13H2,(H,25,26)(H,27,28)/t18-/m1/s1. The topological polar surface area (TPSA) is 75.6 Å². The molecule has 0 aromatic heterocycles. The maximum atomic E-state index is 13.1. The molecule has 0 radical (unpaired) electrons. The summed E-state index contributed by atoms with van der Waals surface area (Å²) in [7, 11) is 0. The number of benzene rings is 3. The monoisotopic (exact) mass is 413 g/mol. The third-order valence-corrected chi connectivity index (χ3v) is 4.38. The number of hydrogen-bond donors (Lipinski definition) is 2. The molecule has 29 heavy (non-hydrogen) atoms. The van der Waals surface area contributed by atoms with Crippen molar-refractivity contribution in [3.05, 3.63) is 89.2 Å². The fraction of sp³-hybridized carbons (Fsp3) is 0.0909. The van der Waals surface area contributed by atoms with Crippen molar-refractivity contribution < 1.29 is 23.8 Å². The van der Waals surface area contributed by atoms with Gasteiger partial charge in [0, 0.05) is 11.4 Å². The fourth-order valence-electron chi connectivity index (χ4n) is 2.73. The molecule has 0 aliphatic rings. The first-order chi connectivity index (χ1) is 13.9. The first kappa shape index (κ1) is 20.4. The molecule has 3 aromatic rings. The highest BCUT2D eigenvalue weighted by molar-refractivity contribution is 6.31. The van der Waals surface area contributed by atoms with Gasteiger partial charge >= 0.3 is 5.97 Å². The second-order valence-electron chi connectivity index (χ2n) is 6.25. The highest BCUT2D eigenvalue weighted by atomic mass is 35.5. The van der Waals surface area contributed by atoms with Crippen molar-refractivity contribution in [2.75, 3.05) is 5.32 Å². The Morgan fingerprint density at radius 1 is 1.03 bits per heavy atom. The van der Waals surface area contributed by atoms with E-state index in [1.54, 1.807) is 24.3 Å². The SMILES string of the molecule is O=C(C[C@@H](C(=O)O)c1ccc(F)cc1)Nc1cc(Cl)ccc1Oc1ccccc1. The molecule has 0 aliphatic heterocycles. The van der Waals surface area contributed by atoms with Gasteiger partial charge in [-0.1, -0.05) is 41.9 Å². The molecule has 0 saturated carbocycles. The number of ether oxygens (including phenoxy) is 1. The van der Waals surface area contributed by atoms with Crippen LogP contribution in [0.5, 0.6) is 11.5 Å². The number of hydrogen-bond acceptors (Lipinski definition) is 3. The number of carboxylic acids is 1. The fourth-order valence-corrected chi connectivity index (χ4v) is 2.91. The lowest BCUT2D eigenvalue weighted by atomic mass is 9.95. The van der Waals surface area contributed by atoms with Crippen LogP contribution in [-0.2, 0) is 9.59 Å². The lowest BCUT2D eigenvalue weighted by Crippen LogP contribution is -2.21. The van der Waals surface area contributed by atoms with Crippen LogP contribution in [0.3, 0.4) is 0 Å². The van der Waals surface area contributed by atoms with Crippen LogP contribution in [0.2, 0.25) is 5.02 Å². The van der Waals surface area contributed by atoms with Gasteiger partial charge in [-0.2, -0.15) is 0 Å². The molecule has 0 spiro atoms. The first-order valence-electron chi connectivity index (χ1n) is 8.73. The lowest BCUT2D eigenvalue weighted by Gasteiger charge is -2.15. The molecular weight excluding hydrogens is 397 g/mol. The third kappa shape index (κ3) is 5.56. The van der Waals surface area contributed by atoms with E-state index in [0.29, 0.717) is 27.8 Å². The maximum Gasteiger partial charge on any atom is 0.311 e. The van der Waals surface area contributed by atoms with Crippen LogP contribution in [-0.4, -0.2) is 17.0 Å². The van der Waals surface area contributed by atoms with Gasteiger partial charge in [-0.05, 0) is 48.0 Å². The van der Waals surface area contributed by atoms with E-state index in [2.05, 4.69) is 5.32 Å². The average molecular weight is 414 g/mol. The molecule has 3 aromatic carbocycles. The van der Waals surface area contributed by atoms with Crippen LogP contribution in [0.1, 0.15) is 17.9 Å². The van der Waals surface area contributed by atoms with Crippen molar-refractivity contribution in [1.82, 2.24) is 0 Å². The molecule has 0 fully saturated rings. The number of amides is 1. The molecule has 5 nitrogen and oxygen atoms in total. The van der Waals surface area contributed by atoms with Crippen LogP contribution in [0.4, 0.5) is 10.1 Å². The number of carbonyl (C=O) groups is 2. The van der Waals surface area contributed by atoms with Crippen LogP contribution in [0, 0.1) is 5.82 Å². The molecule has 0 unspecified atom stereocenters. The Morgan fingerprint density at radius 2 is 1.72 bits per heavy atom. The summed E-state index contributed by atoms with van der Waals surface area (Å²) in [6, 6.07) is 18.8. The molecule has 0 heterocycles. The zero-order valence-electron chi connectivity index (χ0n) is 15.1. The van der Waals surface area contributed by atoms with E-state index in [0.717, 1.165) is 12.1 Å². The number of aliphatic carboxylic acids is 1. The molecule has 2 N–H and O–H groups in total. The van der Waals surface area contributed by atoms with Gasteiger partial charge in [-0.3, -0.25) is 9.59 Å². The molecule has 1 atom stereocenters. The van der Waals surface area contributed by atoms with E-state index in [9.17, 15) is 19.1 Å². The zero-order valence-corrected chi connectivity index (χ0v) is 15.9.